The fourth-order valence-electron chi connectivity index (χ4n) is 1.55. The predicted molar refractivity (Wildman–Crippen MR) is 85.8 cm³/mol. The number of sulfonamides is 1. The monoisotopic (exact) mass is 412 g/mol. The summed E-state index contributed by atoms with van der Waals surface area (Å²) in [6.45, 7) is 0. The number of nitrogens with one attached hydrogen (secondary N) is 1. The molecule has 0 heterocycles. The SMILES string of the molecule is Nc1ccc(F)cc1S(=O)(=O)Nc1ccc(Br)c(Cl)c1Cl. The molecular formula is C12H8BrCl2FN2O2S. The van der Waals surface area contributed by atoms with Crippen LogP contribution in [0.1, 0.15) is 0 Å². The van der Waals surface area contributed by atoms with Crippen molar-refractivity contribution < 1.29 is 12.8 Å². The third-order valence-corrected chi connectivity index (χ3v) is 5.74. The van der Waals surface area contributed by atoms with Gasteiger partial charge >= 0.3 is 0 Å². The first-order chi connectivity index (χ1) is 9.72. The molecule has 0 aromatic heterocycles. The lowest BCUT2D eigenvalue weighted by Gasteiger charge is -2.12. The molecule has 0 unspecified atom stereocenters. The van der Waals surface area contributed by atoms with Crippen molar-refractivity contribution in [1.82, 2.24) is 0 Å². The topological polar surface area (TPSA) is 72.2 Å². The first kappa shape index (κ1) is 16.4. The van der Waals surface area contributed by atoms with Gasteiger partial charge in [0.15, 0.2) is 0 Å². The molecule has 0 bridgehead atoms. The Hall–Kier alpha value is -1.02. The second-order valence-electron chi connectivity index (χ2n) is 4.01. The Morgan fingerprint density at radius 1 is 1.14 bits per heavy atom. The van der Waals surface area contributed by atoms with Gasteiger partial charge < -0.3 is 5.73 Å². The van der Waals surface area contributed by atoms with Crippen molar-refractivity contribution in [3.05, 3.63) is 50.7 Å². The lowest BCUT2D eigenvalue weighted by molar-refractivity contribution is 0.596. The maximum atomic E-state index is 13.2. The molecule has 0 fully saturated rings. The van der Waals surface area contributed by atoms with Gasteiger partial charge in [-0.2, -0.15) is 0 Å². The molecule has 0 atom stereocenters. The largest absolute Gasteiger partial charge is 0.398 e. The molecule has 21 heavy (non-hydrogen) atoms. The van der Waals surface area contributed by atoms with Crippen LogP contribution in [0.3, 0.4) is 0 Å². The van der Waals surface area contributed by atoms with Crippen LogP contribution in [0.4, 0.5) is 15.8 Å². The minimum atomic E-state index is -4.09. The zero-order chi connectivity index (χ0) is 15.8. The van der Waals surface area contributed by atoms with E-state index in [2.05, 4.69) is 20.7 Å². The van der Waals surface area contributed by atoms with Crippen molar-refractivity contribution in [1.29, 1.82) is 0 Å². The van der Waals surface area contributed by atoms with E-state index in [1.165, 1.54) is 18.2 Å². The predicted octanol–water partition coefficient (Wildman–Crippen LogP) is 4.28. The number of hydrogen-bond donors (Lipinski definition) is 2. The Balaban J connectivity index is 2.47. The van der Waals surface area contributed by atoms with E-state index in [1.807, 2.05) is 0 Å². The minimum absolute atomic E-state index is 0.0181. The summed E-state index contributed by atoms with van der Waals surface area (Å²) in [6.07, 6.45) is 0. The van der Waals surface area contributed by atoms with Gasteiger partial charge in [0.1, 0.15) is 10.7 Å². The van der Waals surface area contributed by atoms with E-state index in [0.717, 1.165) is 12.1 Å². The van der Waals surface area contributed by atoms with Crippen LogP contribution < -0.4 is 10.5 Å². The Labute approximate surface area is 139 Å². The van der Waals surface area contributed by atoms with Crippen molar-refractivity contribution in [2.24, 2.45) is 0 Å². The number of halogens is 4. The highest BCUT2D eigenvalue weighted by molar-refractivity contribution is 9.10. The third-order valence-electron chi connectivity index (χ3n) is 2.54. The number of hydrogen-bond acceptors (Lipinski definition) is 3. The van der Waals surface area contributed by atoms with Gasteiger partial charge in [0.25, 0.3) is 10.0 Å². The van der Waals surface area contributed by atoms with Gasteiger partial charge in [0.05, 0.1) is 21.4 Å². The fraction of sp³-hybridized carbons (Fsp3) is 0. The van der Waals surface area contributed by atoms with E-state index in [1.54, 1.807) is 0 Å². The van der Waals surface area contributed by atoms with E-state index in [0.29, 0.717) is 4.47 Å². The molecule has 112 valence electrons. The summed E-state index contributed by atoms with van der Waals surface area (Å²) in [4.78, 5) is -0.377. The maximum absolute atomic E-state index is 13.2. The average Bonchev–Trinajstić information content (AvgIpc) is 2.42. The summed E-state index contributed by atoms with van der Waals surface area (Å²) in [5.74, 6) is -0.718. The molecule has 9 heteroatoms. The normalized spacial score (nSPS) is 11.4. The molecule has 0 amide bonds. The molecular weight excluding hydrogens is 406 g/mol. The summed E-state index contributed by atoms with van der Waals surface area (Å²) in [5, 5.41) is 0.175. The van der Waals surface area contributed by atoms with Crippen LogP contribution in [0.15, 0.2) is 39.7 Å². The number of rotatable bonds is 3. The molecule has 2 aromatic carbocycles. The molecule has 0 aliphatic carbocycles. The van der Waals surface area contributed by atoms with Crippen LogP contribution in [0.5, 0.6) is 0 Å². The van der Waals surface area contributed by atoms with Gasteiger partial charge in [-0.25, -0.2) is 12.8 Å². The fourth-order valence-corrected chi connectivity index (χ4v) is 3.64. The Morgan fingerprint density at radius 3 is 2.48 bits per heavy atom. The molecule has 2 rings (SSSR count). The molecule has 0 radical (unpaired) electrons. The molecule has 0 spiro atoms. The molecule has 0 saturated heterocycles. The second-order valence-corrected chi connectivity index (χ2v) is 7.27. The van der Waals surface area contributed by atoms with Crippen molar-refractivity contribution in [2.75, 3.05) is 10.5 Å². The van der Waals surface area contributed by atoms with Gasteiger partial charge in [0.2, 0.25) is 0 Å². The highest BCUT2D eigenvalue weighted by Gasteiger charge is 2.20. The number of nitrogen functional groups attached to an aromatic ring is 1. The first-order valence-electron chi connectivity index (χ1n) is 5.43. The number of anilines is 2. The average molecular weight is 414 g/mol. The minimum Gasteiger partial charge on any atom is -0.398 e. The maximum Gasteiger partial charge on any atom is 0.264 e. The van der Waals surface area contributed by atoms with Gasteiger partial charge in [-0.05, 0) is 46.3 Å². The molecule has 0 saturated carbocycles. The molecule has 2 aromatic rings. The molecule has 0 aliphatic heterocycles. The van der Waals surface area contributed by atoms with Crippen LogP contribution in [-0.4, -0.2) is 8.42 Å². The van der Waals surface area contributed by atoms with Crippen LogP contribution in [-0.2, 0) is 10.0 Å². The van der Waals surface area contributed by atoms with E-state index < -0.39 is 15.8 Å². The summed E-state index contributed by atoms with van der Waals surface area (Å²) in [6, 6.07) is 6.01. The van der Waals surface area contributed by atoms with Crippen LogP contribution in [0.2, 0.25) is 10.0 Å². The van der Waals surface area contributed by atoms with Gasteiger partial charge in [-0.1, -0.05) is 23.2 Å². The summed E-state index contributed by atoms with van der Waals surface area (Å²) in [5.41, 5.74) is 5.55. The first-order valence-corrected chi connectivity index (χ1v) is 8.47. The van der Waals surface area contributed by atoms with Crippen molar-refractivity contribution >= 4 is 60.5 Å². The highest BCUT2D eigenvalue weighted by atomic mass is 79.9. The van der Waals surface area contributed by atoms with E-state index in [9.17, 15) is 12.8 Å². The van der Waals surface area contributed by atoms with Crippen molar-refractivity contribution in [2.45, 2.75) is 4.90 Å². The molecule has 0 aliphatic rings. The molecule has 3 N–H and O–H groups in total. The smallest absolute Gasteiger partial charge is 0.264 e. The van der Waals surface area contributed by atoms with Gasteiger partial charge in [-0.15, -0.1) is 0 Å². The standard InChI is InChI=1S/C12H8BrCl2FN2O2S/c13-7-2-4-9(12(15)11(7)14)18-21(19,20)10-5-6(16)1-3-8(10)17/h1-5,18H,17H2. The molecule has 4 nitrogen and oxygen atoms in total. The quantitative estimate of drug-likeness (QED) is 0.582. The third kappa shape index (κ3) is 3.42. The van der Waals surface area contributed by atoms with Crippen molar-refractivity contribution in [3.8, 4) is 0 Å². The zero-order valence-corrected chi connectivity index (χ0v) is 14.1. The Morgan fingerprint density at radius 2 is 1.81 bits per heavy atom. The lowest BCUT2D eigenvalue weighted by atomic mass is 10.3. The van der Waals surface area contributed by atoms with Gasteiger partial charge in [0, 0.05) is 4.47 Å². The van der Waals surface area contributed by atoms with Crippen LogP contribution >= 0.6 is 39.1 Å². The lowest BCUT2D eigenvalue weighted by Crippen LogP contribution is -2.15. The number of nitrogens with two attached hydrogens (primary N) is 1. The van der Waals surface area contributed by atoms with Crippen LogP contribution in [0.25, 0.3) is 0 Å². The second kappa shape index (κ2) is 6.00. The van der Waals surface area contributed by atoms with Crippen LogP contribution in [0, 0.1) is 5.82 Å². The summed E-state index contributed by atoms with van der Waals surface area (Å²) in [7, 11) is -4.09. The number of benzene rings is 2. The van der Waals surface area contributed by atoms with Gasteiger partial charge in [-0.3, -0.25) is 4.72 Å². The zero-order valence-electron chi connectivity index (χ0n) is 10.2. The highest BCUT2D eigenvalue weighted by Crippen LogP contribution is 2.37. The summed E-state index contributed by atoms with van der Waals surface area (Å²) >= 11 is 15.0. The van der Waals surface area contributed by atoms with E-state index in [4.69, 9.17) is 28.9 Å². The van der Waals surface area contributed by atoms with E-state index in [-0.39, 0.29) is 26.3 Å². The Bertz CT molecular complexity index is 815. The summed E-state index contributed by atoms with van der Waals surface area (Å²) < 4.78 is 40.5. The van der Waals surface area contributed by atoms with Crippen molar-refractivity contribution in [3.63, 3.8) is 0 Å². The Kier molecular flexibility index (Phi) is 4.67. The van der Waals surface area contributed by atoms with E-state index >= 15 is 0 Å².